The van der Waals surface area contributed by atoms with Crippen molar-refractivity contribution in [2.45, 2.75) is 64.5 Å². The maximum Gasteiger partial charge on any atom is 0.349 e. The lowest BCUT2D eigenvalue weighted by atomic mass is 9.84. The van der Waals surface area contributed by atoms with Crippen molar-refractivity contribution in [3.63, 3.8) is 0 Å². The van der Waals surface area contributed by atoms with E-state index in [1.807, 2.05) is 24.1 Å². The molecule has 1 aromatic carbocycles. The second-order valence-electron chi connectivity index (χ2n) is 11.0. The number of Topliss-reactive ketones (excluding diaryl/α,β-unsaturated/α-hetero) is 1. The molecule has 0 spiro atoms. The summed E-state index contributed by atoms with van der Waals surface area (Å²) in [6.45, 7) is 9.21. The monoisotopic (exact) mass is 490 g/mol. The van der Waals surface area contributed by atoms with Crippen LogP contribution in [-0.2, 0) is 21.5 Å². The van der Waals surface area contributed by atoms with Crippen LogP contribution < -0.4 is 9.64 Å². The van der Waals surface area contributed by atoms with Crippen LogP contribution in [0, 0.1) is 5.41 Å². The van der Waals surface area contributed by atoms with Crippen molar-refractivity contribution < 1.29 is 19.1 Å². The van der Waals surface area contributed by atoms with Crippen molar-refractivity contribution in [3.8, 4) is 5.75 Å². The molecule has 1 unspecified atom stereocenters. The van der Waals surface area contributed by atoms with E-state index >= 15 is 0 Å². The molecule has 0 amide bonds. The maximum absolute atomic E-state index is 13.5. The number of ketones is 1. The molecule has 8 heteroatoms. The number of benzene rings is 1. The highest BCUT2D eigenvalue weighted by Crippen LogP contribution is 2.43. The van der Waals surface area contributed by atoms with Crippen molar-refractivity contribution in [1.29, 1.82) is 5.41 Å². The quantitative estimate of drug-likeness (QED) is 0.482. The largest absolute Gasteiger partial charge is 0.474 e. The molecule has 0 saturated heterocycles. The van der Waals surface area contributed by atoms with Gasteiger partial charge in [0, 0.05) is 41.9 Å². The highest BCUT2D eigenvalue weighted by Gasteiger charge is 2.36. The van der Waals surface area contributed by atoms with Crippen LogP contribution in [0.2, 0.25) is 0 Å². The lowest BCUT2D eigenvalue weighted by Crippen LogP contribution is -2.44. The summed E-state index contributed by atoms with van der Waals surface area (Å²) in [5, 5.41) is 8.66. The van der Waals surface area contributed by atoms with Crippen molar-refractivity contribution in [3.05, 3.63) is 52.3 Å². The van der Waals surface area contributed by atoms with Gasteiger partial charge in [0.15, 0.2) is 5.78 Å². The molecule has 1 saturated carbocycles. The normalized spacial score (nSPS) is 19.0. The highest BCUT2D eigenvalue weighted by molar-refractivity contribution is 6.05. The fraction of sp³-hybridized carbons (Fsp3) is 0.500. The number of anilines is 1. The number of hydrogen-bond donors (Lipinski definition) is 1. The average Bonchev–Trinajstić information content (AvgIpc) is 3.63. The Morgan fingerprint density at radius 3 is 2.64 bits per heavy atom. The van der Waals surface area contributed by atoms with Gasteiger partial charge in [0.1, 0.15) is 17.3 Å². The molecule has 2 aromatic rings. The molecule has 2 aliphatic heterocycles. The van der Waals surface area contributed by atoms with Crippen LogP contribution in [0.5, 0.6) is 5.75 Å². The summed E-state index contributed by atoms with van der Waals surface area (Å²) in [5.41, 5.74) is 4.64. The topological polar surface area (TPSA) is 95.8 Å². The van der Waals surface area contributed by atoms with E-state index in [1.54, 1.807) is 11.8 Å². The number of amidine groups is 1. The molecule has 1 aromatic heterocycles. The van der Waals surface area contributed by atoms with Gasteiger partial charge in [-0.15, -0.1) is 0 Å². The molecule has 1 aliphatic carbocycles. The van der Waals surface area contributed by atoms with Crippen LogP contribution in [-0.4, -0.2) is 60.3 Å². The van der Waals surface area contributed by atoms with E-state index in [2.05, 4.69) is 32.9 Å². The number of carbonyl (C=O) groups is 2. The molecular formula is C28H34N4O4. The van der Waals surface area contributed by atoms with E-state index in [0.717, 1.165) is 35.3 Å². The van der Waals surface area contributed by atoms with E-state index < -0.39 is 6.10 Å². The van der Waals surface area contributed by atoms with Crippen LogP contribution in [0.25, 0.3) is 0 Å². The summed E-state index contributed by atoms with van der Waals surface area (Å²) < 4.78 is 11.3. The van der Waals surface area contributed by atoms with Crippen LogP contribution in [0.1, 0.15) is 79.3 Å². The predicted molar refractivity (Wildman–Crippen MR) is 137 cm³/mol. The first-order valence-electron chi connectivity index (χ1n) is 12.7. The van der Waals surface area contributed by atoms with E-state index in [1.165, 1.54) is 0 Å². The van der Waals surface area contributed by atoms with E-state index in [-0.39, 0.29) is 23.7 Å². The Labute approximate surface area is 212 Å². The van der Waals surface area contributed by atoms with Crippen molar-refractivity contribution >= 4 is 23.3 Å². The number of aromatic nitrogens is 1. The number of nitrogens with one attached hydrogen (secondary N) is 1. The second kappa shape index (κ2) is 8.91. The number of fused-ring (bicyclic) bond motifs is 2. The number of rotatable bonds is 6. The SMILES string of the molecule is CCOC(=O)C1CN(C)c2cc(C(=O)CN3Cc4ccc(C5CC5)nc4C3=N)cc(C(C)(C)C)c2O1. The Morgan fingerprint density at radius 2 is 1.97 bits per heavy atom. The zero-order valence-corrected chi connectivity index (χ0v) is 21.7. The van der Waals surface area contributed by atoms with E-state index in [0.29, 0.717) is 48.5 Å². The minimum absolute atomic E-state index is 0.0656. The molecular weight excluding hydrogens is 456 g/mol. The minimum atomic E-state index is -0.721. The molecule has 3 heterocycles. The van der Waals surface area contributed by atoms with Gasteiger partial charge < -0.3 is 19.3 Å². The van der Waals surface area contributed by atoms with E-state index in [4.69, 9.17) is 19.9 Å². The Hall–Kier alpha value is -3.42. The van der Waals surface area contributed by atoms with Gasteiger partial charge in [-0.1, -0.05) is 26.8 Å². The Kier molecular flexibility index (Phi) is 6.01. The van der Waals surface area contributed by atoms with Gasteiger partial charge in [-0.25, -0.2) is 9.78 Å². The third kappa shape index (κ3) is 4.45. The lowest BCUT2D eigenvalue weighted by molar-refractivity contribution is -0.151. The molecule has 8 nitrogen and oxygen atoms in total. The lowest BCUT2D eigenvalue weighted by Gasteiger charge is -2.36. The highest BCUT2D eigenvalue weighted by atomic mass is 16.6. The predicted octanol–water partition coefficient (Wildman–Crippen LogP) is 4.04. The van der Waals surface area contributed by atoms with Gasteiger partial charge >= 0.3 is 5.97 Å². The molecule has 1 fully saturated rings. The first-order chi connectivity index (χ1) is 17.1. The Balaban J connectivity index is 1.41. The average molecular weight is 491 g/mol. The van der Waals surface area contributed by atoms with Gasteiger partial charge in [0.05, 0.1) is 25.4 Å². The van der Waals surface area contributed by atoms with Crippen LogP contribution in [0.4, 0.5) is 5.69 Å². The first-order valence-corrected chi connectivity index (χ1v) is 12.7. The zero-order valence-electron chi connectivity index (χ0n) is 21.7. The third-order valence-corrected chi connectivity index (χ3v) is 7.09. The third-order valence-electron chi connectivity index (χ3n) is 7.09. The number of carbonyl (C=O) groups excluding carboxylic acids is 2. The zero-order chi connectivity index (χ0) is 25.8. The fourth-order valence-corrected chi connectivity index (χ4v) is 4.90. The number of nitrogens with zero attached hydrogens (tertiary/aromatic N) is 3. The van der Waals surface area contributed by atoms with E-state index in [9.17, 15) is 9.59 Å². The van der Waals surface area contributed by atoms with Crippen LogP contribution in [0.3, 0.4) is 0 Å². The standard InChI is InChI=1S/C28H34N4O4/c1-6-35-27(34)23-15-31(5)21-12-18(11-19(25(21)36-23)28(2,3)4)22(33)14-32-13-17-9-10-20(16-7-8-16)30-24(17)26(32)29/h9-12,16,23,29H,6-8,13-15H2,1-5H3. The number of likely N-dealkylation sites (N-methyl/N-ethyl adjacent to an activating group) is 1. The summed E-state index contributed by atoms with van der Waals surface area (Å²) >= 11 is 0. The first kappa shape index (κ1) is 24.3. The number of hydrogen-bond acceptors (Lipinski definition) is 7. The molecule has 5 rings (SSSR count). The Bertz CT molecular complexity index is 1240. The molecule has 1 N–H and O–H groups in total. The van der Waals surface area contributed by atoms with Gasteiger partial charge in [0.2, 0.25) is 6.10 Å². The Morgan fingerprint density at radius 1 is 1.22 bits per heavy atom. The summed E-state index contributed by atoms with van der Waals surface area (Å²) in [7, 11) is 1.89. The molecule has 190 valence electrons. The van der Waals surface area contributed by atoms with Gasteiger partial charge in [-0.3, -0.25) is 10.2 Å². The maximum atomic E-state index is 13.5. The van der Waals surface area contributed by atoms with Crippen molar-refractivity contribution in [2.24, 2.45) is 0 Å². The minimum Gasteiger partial charge on any atom is -0.474 e. The van der Waals surface area contributed by atoms with Crippen LogP contribution in [0.15, 0.2) is 24.3 Å². The summed E-state index contributed by atoms with van der Waals surface area (Å²) in [4.78, 5) is 34.4. The van der Waals surface area contributed by atoms with Gasteiger partial charge in [-0.05, 0) is 43.4 Å². The number of pyridine rings is 1. The molecule has 0 bridgehead atoms. The number of ether oxygens (including phenoxy) is 2. The fourth-order valence-electron chi connectivity index (χ4n) is 4.90. The molecule has 36 heavy (non-hydrogen) atoms. The molecule has 3 aliphatic rings. The smallest absolute Gasteiger partial charge is 0.349 e. The van der Waals surface area contributed by atoms with Crippen molar-refractivity contribution in [1.82, 2.24) is 9.88 Å². The summed E-state index contributed by atoms with van der Waals surface area (Å²) in [6.07, 6.45) is 1.60. The van der Waals surface area contributed by atoms with Gasteiger partial charge in [-0.2, -0.15) is 0 Å². The second-order valence-corrected chi connectivity index (χ2v) is 11.0. The summed E-state index contributed by atoms with van der Waals surface area (Å²) in [6, 6.07) is 7.83. The van der Waals surface area contributed by atoms with Crippen molar-refractivity contribution in [2.75, 3.05) is 31.6 Å². The number of esters is 1. The molecule has 0 radical (unpaired) electrons. The van der Waals surface area contributed by atoms with Gasteiger partial charge in [0.25, 0.3) is 0 Å². The van der Waals surface area contributed by atoms with Crippen LogP contribution >= 0.6 is 0 Å². The summed E-state index contributed by atoms with van der Waals surface area (Å²) in [5.74, 6) is 0.995. The molecule has 1 atom stereocenters.